The molecule has 1 aliphatic rings. The van der Waals surface area contributed by atoms with Crippen LogP contribution in [0.1, 0.15) is 66.6 Å². The third kappa shape index (κ3) is 5.48. The molecule has 0 aliphatic heterocycles. The molecule has 5 nitrogen and oxygen atoms in total. The number of nitrogens with zero attached hydrogens (tertiary/aromatic N) is 1. The zero-order valence-electron chi connectivity index (χ0n) is 18.9. The topological polar surface area (TPSA) is 60.3 Å². The Kier molecular flexibility index (Phi) is 7.50. The van der Waals surface area contributed by atoms with Crippen LogP contribution in [0.5, 0.6) is 0 Å². The van der Waals surface area contributed by atoms with Gasteiger partial charge in [0, 0.05) is 5.69 Å². The van der Waals surface area contributed by atoms with Crippen LogP contribution in [-0.2, 0) is 16.0 Å². The Hall–Kier alpha value is -3.05. The monoisotopic (exact) mass is 464 g/mol. The van der Waals surface area contributed by atoms with E-state index in [1.807, 2.05) is 42.5 Å². The van der Waals surface area contributed by atoms with Gasteiger partial charge in [0.25, 0.3) is 0 Å². The molecule has 1 aromatic heterocycles. The first-order chi connectivity index (χ1) is 16.1. The minimum atomic E-state index is -0.532. The lowest BCUT2D eigenvalue weighted by Crippen LogP contribution is -2.18. The highest BCUT2D eigenvalue weighted by Gasteiger charge is 2.25. The maximum absolute atomic E-state index is 12.9. The van der Waals surface area contributed by atoms with Gasteiger partial charge >= 0.3 is 5.97 Å². The number of carbonyl (C=O) groups excluding carboxylic acids is 2. The molecular formula is C27H29ClN2O3. The highest BCUT2D eigenvalue weighted by atomic mass is 35.5. The maximum atomic E-state index is 12.9. The Morgan fingerprint density at radius 2 is 1.73 bits per heavy atom. The normalized spacial score (nSPS) is 14.1. The summed E-state index contributed by atoms with van der Waals surface area (Å²) < 4.78 is 6.93. The van der Waals surface area contributed by atoms with E-state index in [4.69, 9.17) is 16.3 Å². The number of hydrogen-bond donors (Lipinski definition) is 1. The number of benzene rings is 2. The highest BCUT2D eigenvalue weighted by Crippen LogP contribution is 2.34. The summed E-state index contributed by atoms with van der Waals surface area (Å²) in [4.78, 5) is 25.5. The average Bonchev–Trinajstić information content (AvgIpc) is 3.16. The van der Waals surface area contributed by atoms with Crippen molar-refractivity contribution in [2.24, 2.45) is 0 Å². The molecule has 172 valence electrons. The molecule has 1 aliphatic carbocycles. The number of anilines is 1. The quantitative estimate of drug-likeness (QED) is 0.404. The molecule has 2 aromatic carbocycles. The predicted molar refractivity (Wildman–Crippen MR) is 131 cm³/mol. The molecule has 0 atom stereocenters. The van der Waals surface area contributed by atoms with Gasteiger partial charge in [-0.2, -0.15) is 0 Å². The van der Waals surface area contributed by atoms with Crippen molar-refractivity contribution in [3.8, 4) is 5.69 Å². The lowest BCUT2D eigenvalue weighted by atomic mass is 9.84. The second-order valence-electron chi connectivity index (χ2n) is 8.42. The van der Waals surface area contributed by atoms with E-state index in [1.54, 1.807) is 17.6 Å². The lowest BCUT2D eigenvalue weighted by Gasteiger charge is -2.22. The van der Waals surface area contributed by atoms with Crippen molar-refractivity contribution in [3.63, 3.8) is 0 Å². The lowest BCUT2D eigenvalue weighted by molar-refractivity contribution is -0.115. The van der Waals surface area contributed by atoms with Crippen LogP contribution in [0.3, 0.4) is 0 Å². The number of aromatic nitrogens is 1. The maximum Gasteiger partial charge on any atom is 0.357 e. The van der Waals surface area contributed by atoms with Crippen LogP contribution in [0.2, 0.25) is 5.15 Å². The van der Waals surface area contributed by atoms with Crippen molar-refractivity contribution in [1.82, 2.24) is 4.57 Å². The molecule has 1 amide bonds. The first kappa shape index (κ1) is 23.1. The van der Waals surface area contributed by atoms with Gasteiger partial charge < -0.3 is 10.1 Å². The Balaban J connectivity index is 1.62. The second kappa shape index (κ2) is 10.7. The molecule has 3 aromatic rings. The number of nitrogens with one attached hydrogen (secondary N) is 1. The summed E-state index contributed by atoms with van der Waals surface area (Å²) in [7, 11) is 0. The fourth-order valence-electron chi connectivity index (χ4n) is 4.53. The molecule has 4 rings (SSSR count). The van der Waals surface area contributed by atoms with Crippen molar-refractivity contribution >= 4 is 29.2 Å². The molecule has 33 heavy (non-hydrogen) atoms. The van der Waals surface area contributed by atoms with Gasteiger partial charge in [0.05, 0.1) is 18.7 Å². The van der Waals surface area contributed by atoms with E-state index in [0.29, 0.717) is 16.8 Å². The number of halogens is 1. The van der Waals surface area contributed by atoms with Crippen LogP contribution in [0.15, 0.2) is 60.7 Å². The third-order valence-electron chi connectivity index (χ3n) is 6.13. The Morgan fingerprint density at radius 1 is 1.03 bits per heavy atom. The van der Waals surface area contributed by atoms with Gasteiger partial charge in [-0.3, -0.25) is 9.36 Å². The smallest absolute Gasteiger partial charge is 0.357 e. The van der Waals surface area contributed by atoms with Crippen molar-refractivity contribution in [2.45, 2.75) is 51.4 Å². The molecule has 0 spiro atoms. The van der Waals surface area contributed by atoms with Gasteiger partial charge in [-0.1, -0.05) is 73.3 Å². The number of amides is 1. The second-order valence-corrected chi connectivity index (χ2v) is 8.81. The summed E-state index contributed by atoms with van der Waals surface area (Å²) in [6, 6.07) is 19.2. The van der Waals surface area contributed by atoms with E-state index in [2.05, 4.69) is 17.4 Å². The predicted octanol–water partition coefficient (Wildman–Crippen LogP) is 6.54. The number of carbonyl (C=O) groups is 2. The zero-order chi connectivity index (χ0) is 23.2. The molecule has 0 unspecified atom stereocenters. The van der Waals surface area contributed by atoms with Gasteiger partial charge in [-0.15, -0.1) is 0 Å². The van der Waals surface area contributed by atoms with Crippen LogP contribution in [0.25, 0.3) is 5.69 Å². The standard InChI is InChI=1S/C27H29ClN2O3/c1-2-33-27(32)26-23(29-25(31)17-19-9-5-3-6-10-19)18-24(28)30(26)22-15-13-21(14-16-22)20-11-7-4-8-12-20/h3,5-6,9-10,13-16,18,20H,2,4,7-8,11-12,17H2,1H3,(H,29,31). The molecule has 6 heteroatoms. The molecule has 0 radical (unpaired) electrons. The number of rotatable bonds is 7. The number of hydrogen-bond acceptors (Lipinski definition) is 3. The average molecular weight is 465 g/mol. The summed E-state index contributed by atoms with van der Waals surface area (Å²) in [6.07, 6.45) is 6.49. The fraction of sp³-hybridized carbons (Fsp3) is 0.333. The summed E-state index contributed by atoms with van der Waals surface area (Å²) >= 11 is 6.56. The van der Waals surface area contributed by atoms with Crippen LogP contribution >= 0.6 is 11.6 Å². The van der Waals surface area contributed by atoms with Crippen LogP contribution in [0.4, 0.5) is 5.69 Å². The Labute approximate surface area is 199 Å². The summed E-state index contributed by atoms with van der Waals surface area (Å²) in [6.45, 7) is 1.97. The first-order valence-corrected chi connectivity index (χ1v) is 12.0. The van der Waals surface area contributed by atoms with Crippen molar-refractivity contribution in [2.75, 3.05) is 11.9 Å². The Bertz CT molecular complexity index is 1100. The third-order valence-corrected chi connectivity index (χ3v) is 6.41. The molecule has 1 N–H and O–H groups in total. The van der Waals surface area contributed by atoms with E-state index in [0.717, 1.165) is 11.3 Å². The summed E-state index contributed by atoms with van der Waals surface area (Å²) in [5.74, 6) is -0.172. The molecule has 1 saturated carbocycles. The van der Waals surface area contributed by atoms with Crippen molar-refractivity contribution in [3.05, 3.63) is 82.6 Å². The van der Waals surface area contributed by atoms with Gasteiger partial charge in [-0.25, -0.2) is 4.79 Å². The molecule has 0 saturated heterocycles. The van der Waals surface area contributed by atoms with Gasteiger partial charge in [0.2, 0.25) is 5.91 Å². The van der Waals surface area contributed by atoms with E-state index in [-0.39, 0.29) is 24.6 Å². The minimum Gasteiger partial charge on any atom is -0.461 e. The van der Waals surface area contributed by atoms with Gasteiger partial charge in [0.1, 0.15) is 5.15 Å². The highest BCUT2D eigenvalue weighted by molar-refractivity contribution is 6.31. The van der Waals surface area contributed by atoms with Crippen LogP contribution in [-0.4, -0.2) is 23.1 Å². The van der Waals surface area contributed by atoms with E-state index in [1.165, 1.54) is 37.7 Å². The minimum absolute atomic E-state index is 0.196. The molecule has 1 heterocycles. The van der Waals surface area contributed by atoms with Crippen LogP contribution < -0.4 is 5.32 Å². The summed E-state index contributed by atoms with van der Waals surface area (Å²) in [5.41, 5.74) is 3.52. The van der Waals surface area contributed by atoms with Gasteiger partial charge in [0.15, 0.2) is 5.69 Å². The fourth-order valence-corrected chi connectivity index (χ4v) is 4.83. The zero-order valence-corrected chi connectivity index (χ0v) is 19.6. The van der Waals surface area contributed by atoms with E-state index >= 15 is 0 Å². The largest absolute Gasteiger partial charge is 0.461 e. The van der Waals surface area contributed by atoms with E-state index < -0.39 is 5.97 Å². The Morgan fingerprint density at radius 3 is 2.39 bits per heavy atom. The van der Waals surface area contributed by atoms with Crippen molar-refractivity contribution < 1.29 is 14.3 Å². The first-order valence-electron chi connectivity index (χ1n) is 11.6. The number of ether oxygens (including phenoxy) is 1. The van der Waals surface area contributed by atoms with Crippen LogP contribution in [0, 0.1) is 0 Å². The van der Waals surface area contributed by atoms with E-state index in [9.17, 15) is 9.59 Å². The van der Waals surface area contributed by atoms with Gasteiger partial charge in [-0.05, 0) is 55.0 Å². The SMILES string of the molecule is CCOC(=O)c1c(NC(=O)Cc2ccccc2)cc(Cl)n1-c1ccc(C2CCCCC2)cc1. The van der Waals surface area contributed by atoms with Crippen molar-refractivity contribution in [1.29, 1.82) is 0 Å². The summed E-state index contributed by atoms with van der Waals surface area (Å²) in [5, 5.41) is 3.18. The molecule has 1 fully saturated rings. The molecule has 0 bridgehead atoms. The number of esters is 1. The molecular weight excluding hydrogens is 436 g/mol.